The van der Waals surface area contributed by atoms with Gasteiger partial charge in [-0.1, -0.05) is 36.0 Å². The lowest BCUT2D eigenvalue weighted by Gasteiger charge is -2.14. The molecule has 0 fully saturated rings. The van der Waals surface area contributed by atoms with Crippen LogP contribution in [0, 0.1) is 5.92 Å². The molecule has 28 heavy (non-hydrogen) atoms. The van der Waals surface area contributed by atoms with Crippen LogP contribution in [-0.2, 0) is 4.79 Å². The summed E-state index contributed by atoms with van der Waals surface area (Å²) >= 11 is 0.428. The van der Waals surface area contributed by atoms with Crippen LogP contribution in [0.1, 0.15) is 29.6 Å². The Bertz CT molecular complexity index is 869. The van der Waals surface area contributed by atoms with Crippen molar-refractivity contribution in [1.29, 1.82) is 0 Å². The Morgan fingerprint density at radius 1 is 1.04 bits per heavy atom. The highest BCUT2D eigenvalue weighted by Gasteiger charge is 2.16. The molecule has 0 saturated heterocycles. The number of thioether (sulfide) groups is 1. The van der Waals surface area contributed by atoms with E-state index in [0.717, 1.165) is 12.8 Å². The Morgan fingerprint density at radius 3 is 2.32 bits per heavy atom. The molecular weight excluding hydrogens is 382 g/mol. The second kappa shape index (κ2) is 9.50. The zero-order valence-corrected chi connectivity index (χ0v) is 15.8. The minimum atomic E-state index is -2.50. The summed E-state index contributed by atoms with van der Waals surface area (Å²) in [6, 6.07) is 12.9. The van der Waals surface area contributed by atoms with Crippen molar-refractivity contribution in [2.45, 2.75) is 29.9 Å². The first-order valence-corrected chi connectivity index (χ1v) is 9.81. The fourth-order valence-corrected chi connectivity index (χ4v) is 3.49. The fraction of sp³-hybridized carbons (Fsp3) is 0.238. The van der Waals surface area contributed by atoms with Gasteiger partial charge in [-0.05, 0) is 55.2 Å². The van der Waals surface area contributed by atoms with Crippen LogP contribution >= 0.6 is 11.8 Å². The lowest BCUT2D eigenvalue weighted by atomic mass is 10.0. The van der Waals surface area contributed by atoms with E-state index in [1.54, 1.807) is 24.3 Å². The lowest BCUT2D eigenvalue weighted by Crippen LogP contribution is -2.18. The number of carbonyl (C=O) groups is 2. The first-order chi connectivity index (χ1) is 13.5. The topological polar surface area (TPSA) is 58.2 Å². The van der Waals surface area contributed by atoms with Crippen LogP contribution in [0.5, 0.6) is 0 Å². The molecule has 1 unspecified atom stereocenters. The van der Waals surface area contributed by atoms with Crippen molar-refractivity contribution in [2.24, 2.45) is 5.92 Å². The van der Waals surface area contributed by atoms with Crippen molar-refractivity contribution in [3.8, 4) is 0 Å². The maximum atomic E-state index is 12.5. The molecule has 2 N–H and O–H groups in total. The van der Waals surface area contributed by atoms with E-state index in [-0.39, 0.29) is 17.7 Å². The number of hydrogen-bond acceptors (Lipinski definition) is 3. The highest BCUT2D eigenvalue weighted by Crippen LogP contribution is 2.27. The van der Waals surface area contributed by atoms with Crippen LogP contribution < -0.4 is 10.6 Å². The molecule has 0 radical (unpaired) electrons. The summed E-state index contributed by atoms with van der Waals surface area (Å²) in [5.41, 5.74) is 1.34. The predicted octanol–water partition coefficient (Wildman–Crippen LogP) is 5.55. The van der Waals surface area contributed by atoms with Gasteiger partial charge in [-0.25, -0.2) is 0 Å². The van der Waals surface area contributed by atoms with Crippen LogP contribution in [-0.4, -0.2) is 17.6 Å². The molecule has 2 aromatic carbocycles. The minimum absolute atomic E-state index is 0.105. The molecule has 0 aromatic heterocycles. The van der Waals surface area contributed by atoms with Gasteiger partial charge in [0.05, 0.1) is 11.4 Å². The summed E-state index contributed by atoms with van der Waals surface area (Å²) in [5, 5.41) is 5.61. The van der Waals surface area contributed by atoms with E-state index in [1.807, 2.05) is 0 Å². The zero-order chi connectivity index (χ0) is 19.9. The van der Waals surface area contributed by atoms with Crippen molar-refractivity contribution >= 4 is 35.0 Å². The highest BCUT2D eigenvalue weighted by molar-refractivity contribution is 7.99. The van der Waals surface area contributed by atoms with Crippen molar-refractivity contribution in [3.63, 3.8) is 0 Å². The van der Waals surface area contributed by atoms with Gasteiger partial charge in [0.25, 0.3) is 11.7 Å². The maximum absolute atomic E-state index is 12.5. The SMILES string of the molecule is O=C(CC1C=CCC1)Nc1ccccc1NC(=O)c1ccc(SC(F)F)cc1. The van der Waals surface area contributed by atoms with Crippen LogP contribution in [0.15, 0.2) is 65.6 Å². The first kappa shape index (κ1) is 20.1. The fourth-order valence-electron chi connectivity index (χ4n) is 2.99. The average molecular weight is 402 g/mol. The van der Waals surface area contributed by atoms with E-state index in [4.69, 9.17) is 0 Å². The van der Waals surface area contributed by atoms with Gasteiger partial charge in [-0.3, -0.25) is 9.59 Å². The van der Waals surface area contributed by atoms with Crippen LogP contribution in [0.2, 0.25) is 0 Å². The smallest absolute Gasteiger partial charge is 0.288 e. The number of hydrogen-bond donors (Lipinski definition) is 2. The van der Waals surface area contributed by atoms with E-state index < -0.39 is 5.76 Å². The molecule has 0 bridgehead atoms. The number of rotatable bonds is 7. The molecule has 1 atom stereocenters. The predicted molar refractivity (Wildman–Crippen MR) is 108 cm³/mol. The van der Waals surface area contributed by atoms with Gasteiger partial charge in [-0.15, -0.1) is 0 Å². The summed E-state index contributed by atoms with van der Waals surface area (Å²) in [6.45, 7) is 0. The molecule has 3 rings (SSSR count). The zero-order valence-electron chi connectivity index (χ0n) is 15.0. The number of amides is 2. The van der Waals surface area contributed by atoms with Crippen molar-refractivity contribution < 1.29 is 18.4 Å². The quantitative estimate of drug-likeness (QED) is 0.472. The molecule has 1 aliphatic carbocycles. The first-order valence-electron chi connectivity index (χ1n) is 8.93. The third-order valence-electron chi connectivity index (χ3n) is 4.35. The van der Waals surface area contributed by atoms with Crippen LogP contribution in [0.25, 0.3) is 0 Å². The highest BCUT2D eigenvalue weighted by atomic mass is 32.2. The summed E-state index contributed by atoms with van der Waals surface area (Å²) in [5.74, 6) is -2.73. The third kappa shape index (κ3) is 5.66. The van der Waals surface area contributed by atoms with Gasteiger partial charge in [0.2, 0.25) is 5.91 Å². The molecule has 0 spiro atoms. The van der Waals surface area contributed by atoms with Crippen molar-refractivity contribution in [2.75, 3.05) is 10.6 Å². The summed E-state index contributed by atoms with van der Waals surface area (Å²) in [4.78, 5) is 25.1. The average Bonchev–Trinajstić information content (AvgIpc) is 3.16. The molecule has 4 nitrogen and oxygen atoms in total. The second-order valence-corrected chi connectivity index (χ2v) is 7.48. The number of nitrogens with one attached hydrogen (secondary N) is 2. The number of anilines is 2. The van der Waals surface area contributed by atoms with Gasteiger partial charge < -0.3 is 10.6 Å². The van der Waals surface area contributed by atoms with E-state index >= 15 is 0 Å². The van der Waals surface area contributed by atoms with Gasteiger partial charge in [0.1, 0.15) is 0 Å². The Kier molecular flexibility index (Phi) is 6.81. The largest absolute Gasteiger partial charge is 0.324 e. The minimum Gasteiger partial charge on any atom is -0.324 e. The molecule has 0 aliphatic heterocycles. The monoisotopic (exact) mass is 402 g/mol. The van der Waals surface area contributed by atoms with E-state index in [2.05, 4.69) is 22.8 Å². The Balaban J connectivity index is 1.64. The standard InChI is InChI=1S/C21H20F2N2O2S/c22-21(23)28-16-11-9-15(10-12-16)20(27)25-18-8-4-3-7-17(18)24-19(26)13-14-5-1-2-6-14/h1,3-5,7-12,14,21H,2,6,13H2,(H,24,26)(H,25,27). The Morgan fingerprint density at radius 2 is 1.71 bits per heavy atom. The number of carbonyl (C=O) groups excluding carboxylic acids is 2. The maximum Gasteiger partial charge on any atom is 0.288 e. The van der Waals surface area contributed by atoms with E-state index in [0.29, 0.717) is 40.0 Å². The molecule has 1 aliphatic rings. The lowest BCUT2D eigenvalue weighted by molar-refractivity contribution is -0.116. The van der Waals surface area contributed by atoms with Gasteiger partial charge in [-0.2, -0.15) is 8.78 Å². The molecule has 2 amide bonds. The normalized spacial score (nSPS) is 15.6. The van der Waals surface area contributed by atoms with Crippen LogP contribution in [0.3, 0.4) is 0 Å². The van der Waals surface area contributed by atoms with E-state index in [1.165, 1.54) is 24.3 Å². The van der Waals surface area contributed by atoms with Gasteiger partial charge in [0, 0.05) is 16.9 Å². The molecule has 0 heterocycles. The number of halogens is 2. The van der Waals surface area contributed by atoms with Crippen molar-refractivity contribution in [1.82, 2.24) is 0 Å². The molecule has 7 heteroatoms. The summed E-state index contributed by atoms with van der Waals surface area (Å²) in [6.07, 6.45) is 6.52. The summed E-state index contributed by atoms with van der Waals surface area (Å²) in [7, 11) is 0. The Labute approximate surface area is 166 Å². The van der Waals surface area contributed by atoms with Crippen LogP contribution in [0.4, 0.5) is 20.2 Å². The number of benzene rings is 2. The third-order valence-corrected chi connectivity index (χ3v) is 5.07. The molecular formula is C21H20F2N2O2S. The van der Waals surface area contributed by atoms with E-state index in [9.17, 15) is 18.4 Å². The number of para-hydroxylation sites is 2. The van der Waals surface area contributed by atoms with Gasteiger partial charge >= 0.3 is 0 Å². The number of allylic oxidation sites excluding steroid dienone is 2. The molecule has 146 valence electrons. The number of alkyl halides is 2. The molecule has 2 aromatic rings. The van der Waals surface area contributed by atoms with Crippen molar-refractivity contribution in [3.05, 3.63) is 66.2 Å². The Hall–Kier alpha value is -2.67. The molecule has 0 saturated carbocycles. The second-order valence-electron chi connectivity index (χ2n) is 6.42. The summed E-state index contributed by atoms with van der Waals surface area (Å²) < 4.78 is 24.8. The van der Waals surface area contributed by atoms with Gasteiger partial charge in [0.15, 0.2) is 0 Å².